The van der Waals surface area contributed by atoms with Crippen LogP contribution in [0.15, 0.2) is 29.4 Å². The lowest BCUT2D eigenvalue weighted by Crippen LogP contribution is -2.37. The number of aromatic nitrogens is 3. The molecule has 1 aliphatic carbocycles. The number of benzene rings is 1. The third kappa shape index (κ3) is 6.32. The maximum Gasteiger partial charge on any atom is 0.251 e. The van der Waals surface area contributed by atoms with E-state index in [0.717, 1.165) is 18.4 Å². The van der Waals surface area contributed by atoms with Crippen molar-refractivity contribution in [2.75, 3.05) is 5.75 Å². The molecular weight excluding hydrogens is 410 g/mol. The first-order chi connectivity index (χ1) is 14.8. The molecule has 1 aromatic carbocycles. The number of nitrogens with one attached hydrogen (secondary N) is 2. The smallest absolute Gasteiger partial charge is 0.251 e. The summed E-state index contributed by atoms with van der Waals surface area (Å²) in [5.74, 6) is 1.03. The van der Waals surface area contributed by atoms with E-state index in [1.165, 1.54) is 31.0 Å². The Morgan fingerprint density at radius 3 is 2.61 bits per heavy atom. The Labute approximate surface area is 188 Å². The lowest BCUT2D eigenvalue weighted by atomic mass is 9.95. The normalized spacial score (nSPS) is 15.6. The fourth-order valence-electron chi connectivity index (χ4n) is 3.91. The van der Waals surface area contributed by atoms with Crippen LogP contribution in [0.5, 0.6) is 0 Å². The number of hydrogen-bond acceptors (Lipinski definition) is 5. The highest BCUT2D eigenvalue weighted by molar-refractivity contribution is 7.99. The van der Waals surface area contributed by atoms with E-state index in [0.29, 0.717) is 28.3 Å². The van der Waals surface area contributed by atoms with Gasteiger partial charge in [-0.3, -0.25) is 9.59 Å². The second-order valence-electron chi connectivity index (χ2n) is 8.66. The molecule has 0 saturated heterocycles. The van der Waals surface area contributed by atoms with Gasteiger partial charge in [-0.05, 0) is 37.8 Å². The molecule has 7 nitrogen and oxygen atoms in total. The maximum absolute atomic E-state index is 12.8. The first kappa shape index (κ1) is 23.3. The van der Waals surface area contributed by atoms with Crippen molar-refractivity contribution in [3.8, 4) is 0 Å². The average molecular weight is 444 g/mol. The highest BCUT2D eigenvalue weighted by Gasteiger charge is 2.25. The maximum atomic E-state index is 12.8. The summed E-state index contributed by atoms with van der Waals surface area (Å²) in [6.07, 6.45) is 5.79. The Hall–Kier alpha value is -2.35. The zero-order valence-corrected chi connectivity index (χ0v) is 19.7. The molecule has 0 aliphatic heterocycles. The summed E-state index contributed by atoms with van der Waals surface area (Å²) < 4.78 is 1.87. The first-order valence-corrected chi connectivity index (χ1v) is 12.0. The molecule has 2 N–H and O–H groups in total. The highest BCUT2D eigenvalue weighted by atomic mass is 32.2. The van der Waals surface area contributed by atoms with Crippen LogP contribution in [0.25, 0.3) is 0 Å². The zero-order valence-electron chi connectivity index (χ0n) is 18.9. The molecule has 8 heteroatoms. The minimum atomic E-state index is -0.282. The van der Waals surface area contributed by atoms with Crippen LogP contribution in [0.4, 0.5) is 0 Å². The SMILES string of the molecule is Cc1cccc(C(=O)NC(c2nnc(SCC(=O)NC3CCCCC3)n2C)C(C)C)c1. The van der Waals surface area contributed by atoms with Gasteiger partial charge in [-0.2, -0.15) is 0 Å². The second kappa shape index (κ2) is 10.8. The van der Waals surface area contributed by atoms with Gasteiger partial charge in [0.05, 0.1) is 11.8 Å². The topological polar surface area (TPSA) is 88.9 Å². The number of thioether (sulfide) groups is 1. The number of aryl methyl sites for hydroxylation is 1. The number of rotatable bonds is 8. The summed E-state index contributed by atoms with van der Waals surface area (Å²) >= 11 is 1.38. The van der Waals surface area contributed by atoms with Gasteiger partial charge in [0.15, 0.2) is 11.0 Å². The van der Waals surface area contributed by atoms with E-state index < -0.39 is 0 Å². The lowest BCUT2D eigenvalue weighted by Gasteiger charge is -2.22. The van der Waals surface area contributed by atoms with Gasteiger partial charge in [0.1, 0.15) is 0 Å². The van der Waals surface area contributed by atoms with Crippen LogP contribution in [0, 0.1) is 12.8 Å². The van der Waals surface area contributed by atoms with E-state index >= 15 is 0 Å². The number of carbonyl (C=O) groups is 2. The third-order valence-corrected chi connectivity index (χ3v) is 6.70. The summed E-state index contributed by atoms with van der Waals surface area (Å²) in [4.78, 5) is 25.1. The molecule has 1 fully saturated rings. The van der Waals surface area contributed by atoms with Crippen molar-refractivity contribution in [3.63, 3.8) is 0 Å². The lowest BCUT2D eigenvalue weighted by molar-refractivity contribution is -0.119. The monoisotopic (exact) mass is 443 g/mol. The van der Waals surface area contributed by atoms with E-state index in [2.05, 4.69) is 20.8 Å². The van der Waals surface area contributed by atoms with Crippen LogP contribution in [0.2, 0.25) is 0 Å². The Kier molecular flexibility index (Phi) is 8.12. The zero-order chi connectivity index (χ0) is 22.4. The van der Waals surface area contributed by atoms with Crippen LogP contribution in [-0.4, -0.2) is 38.4 Å². The molecule has 0 radical (unpaired) electrons. The van der Waals surface area contributed by atoms with Crippen LogP contribution in [-0.2, 0) is 11.8 Å². The minimum absolute atomic E-state index is 0.0367. The summed E-state index contributed by atoms with van der Waals surface area (Å²) in [5, 5.41) is 15.5. The van der Waals surface area contributed by atoms with Gasteiger partial charge in [-0.15, -0.1) is 10.2 Å². The highest BCUT2D eigenvalue weighted by Crippen LogP contribution is 2.25. The molecule has 1 heterocycles. The quantitative estimate of drug-likeness (QED) is 0.606. The van der Waals surface area contributed by atoms with Crippen molar-refractivity contribution in [2.24, 2.45) is 13.0 Å². The molecule has 0 spiro atoms. The van der Waals surface area contributed by atoms with Gasteiger partial charge in [-0.25, -0.2) is 0 Å². The van der Waals surface area contributed by atoms with Gasteiger partial charge in [-0.1, -0.05) is 62.6 Å². The van der Waals surface area contributed by atoms with E-state index in [1.807, 2.05) is 56.7 Å². The molecule has 3 rings (SSSR count). The largest absolute Gasteiger partial charge is 0.353 e. The van der Waals surface area contributed by atoms with Crippen molar-refractivity contribution >= 4 is 23.6 Å². The van der Waals surface area contributed by atoms with Crippen LogP contribution < -0.4 is 10.6 Å². The Bertz CT molecular complexity index is 905. The molecule has 1 saturated carbocycles. The van der Waals surface area contributed by atoms with Gasteiger partial charge in [0, 0.05) is 18.7 Å². The molecule has 2 amide bonds. The molecule has 1 atom stereocenters. The van der Waals surface area contributed by atoms with Crippen molar-refractivity contribution < 1.29 is 9.59 Å². The predicted molar refractivity (Wildman–Crippen MR) is 123 cm³/mol. The second-order valence-corrected chi connectivity index (χ2v) is 9.60. The van der Waals surface area contributed by atoms with Crippen molar-refractivity contribution in [2.45, 2.75) is 70.1 Å². The number of nitrogens with zero attached hydrogens (tertiary/aromatic N) is 3. The molecule has 0 bridgehead atoms. The summed E-state index contributed by atoms with van der Waals surface area (Å²) in [6.45, 7) is 6.05. The van der Waals surface area contributed by atoms with Crippen molar-refractivity contribution in [1.29, 1.82) is 0 Å². The number of carbonyl (C=O) groups excluding carboxylic acids is 2. The van der Waals surface area contributed by atoms with Crippen LogP contribution in [0.3, 0.4) is 0 Å². The van der Waals surface area contributed by atoms with Gasteiger partial charge >= 0.3 is 0 Å². The van der Waals surface area contributed by atoms with Gasteiger partial charge < -0.3 is 15.2 Å². The molecule has 168 valence electrons. The van der Waals surface area contributed by atoms with E-state index in [1.54, 1.807) is 0 Å². The number of hydrogen-bond donors (Lipinski definition) is 2. The van der Waals surface area contributed by atoms with Crippen molar-refractivity contribution in [1.82, 2.24) is 25.4 Å². The summed E-state index contributed by atoms with van der Waals surface area (Å²) in [6, 6.07) is 7.55. The van der Waals surface area contributed by atoms with Crippen LogP contribution >= 0.6 is 11.8 Å². The Morgan fingerprint density at radius 1 is 1.19 bits per heavy atom. The van der Waals surface area contributed by atoms with E-state index in [9.17, 15) is 9.59 Å². The van der Waals surface area contributed by atoms with E-state index in [4.69, 9.17) is 0 Å². The van der Waals surface area contributed by atoms with Crippen molar-refractivity contribution in [3.05, 3.63) is 41.2 Å². The fraction of sp³-hybridized carbons (Fsp3) is 0.565. The summed E-state index contributed by atoms with van der Waals surface area (Å²) in [5.41, 5.74) is 1.67. The standard InChI is InChI=1S/C23H33N5O2S/c1-15(2)20(25-22(30)17-10-8-9-16(3)13-17)21-26-27-23(28(21)4)31-14-19(29)24-18-11-6-5-7-12-18/h8-10,13,15,18,20H,5-7,11-12,14H2,1-4H3,(H,24,29)(H,25,30). The summed E-state index contributed by atoms with van der Waals surface area (Å²) in [7, 11) is 1.88. The fourth-order valence-corrected chi connectivity index (χ4v) is 4.64. The first-order valence-electron chi connectivity index (χ1n) is 11.0. The Morgan fingerprint density at radius 2 is 1.94 bits per heavy atom. The molecule has 1 unspecified atom stereocenters. The molecule has 31 heavy (non-hydrogen) atoms. The average Bonchev–Trinajstić information content (AvgIpc) is 3.11. The molecule has 2 aromatic rings. The Balaban J connectivity index is 1.63. The third-order valence-electron chi connectivity index (χ3n) is 5.68. The predicted octanol–water partition coefficient (Wildman–Crippen LogP) is 3.79. The number of amides is 2. The molecule has 1 aliphatic rings. The van der Waals surface area contributed by atoms with Crippen LogP contribution in [0.1, 0.15) is 73.7 Å². The minimum Gasteiger partial charge on any atom is -0.353 e. The van der Waals surface area contributed by atoms with Gasteiger partial charge in [0.25, 0.3) is 5.91 Å². The molecular formula is C23H33N5O2S. The molecule has 1 aromatic heterocycles. The van der Waals surface area contributed by atoms with Gasteiger partial charge in [0.2, 0.25) is 5.91 Å². The van der Waals surface area contributed by atoms with E-state index in [-0.39, 0.29) is 23.8 Å².